The van der Waals surface area contributed by atoms with Gasteiger partial charge in [-0.2, -0.15) is 0 Å². The maximum Gasteiger partial charge on any atom is 0.0862 e. The van der Waals surface area contributed by atoms with E-state index in [9.17, 15) is 19.8 Å². The zero-order valence-corrected chi connectivity index (χ0v) is 22.9. The van der Waals surface area contributed by atoms with Crippen molar-refractivity contribution in [2.45, 2.75) is 112 Å². The second kappa shape index (κ2) is 29.8. The molecule has 0 radical (unpaired) electrons. The van der Waals surface area contributed by atoms with E-state index in [0.29, 0.717) is 39.0 Å². The summed E-state index contributed by atoms with van der Waals surface area (Å²) in [4.78, 5) is 20.0. The third-order valence-electron chi connectivity index (χ3n) is 4.87. The van der Waals surface area contributed by atoms with Crippen LogP contribution >= 0.6 is 0 Å². The lowest BCUT2D eigenvalue weighted by atomic mass is 10.1. The zero-order chi connectivity index (χ0) is 26.6. The number of rotatable bonds is 20. The summed E-state index contributed by atoms with van der Waals surface area (Å²) in [5.41, 5.74) is 0. The molecular weight excluding hydrogens is 440 g/mol. The number of hydrogen-bond acceptors (Lipinski definition) is 8. The van der Waals surface area contributed by atoms with E-state index in [-0.39, 0.29) is 19.1 Å². The molecule has 0 bridgehead atoms. The van der Waals surface area contributed by atoms with E-state index in [4.69, 9.17) is 18.9 Å². The molecular formula is C26H52O8-2. The molecule has 2 atom stereocenters. The van der Waals surface area contributed by atoms with E-state index in [0.717, 1.165) is 44.6 Å². The van der Waals surface area contributed by atoms with E-state index < -0.39 is 11.9 Å². The number of carbonyl (C=O) groups excluding carboxylic acids is 2. The molecule has 0 saturated heterocycles. The second-order valence-electron chi connectivity index (χ2n) is 8.55. The van der Waals surface area contributed by atoms with Crippen molar-refractivity contribution in [2.24, 2.45) is 5.92 Å². The fourth-order valence-corrected chi connectivity index (χ4v) is 1.94. The summed E-state index contributed by atoms with van der Waals surface area (Å²) in [6.45, 7) is 17.2. The van der Waals surface area contributed by atoms with Crippen molar-refractivity contribution in [1.29, 1.82) is 0 Å². The van der Waals surface area contributed by atoms with Crippen LogP contribution in [0.2, 0.25) is 0 Å². The largest absolute Gasteiger partial charge is 0.550 e. The average molecular weight is 493 g/mol. The van der Waals surface area contributed by atoms with Crippen LogP contribution in [0.5, 0.6) is 0 Å². The van der Waals surface area contributed by atoms with Crippen molar-refractivity contribution >= 4 is 11.9 Å². The standard InChI is InChI=1S/C13H26O4.C8H16O4.C5H12/c1-3-12(2)17-11-10-16-9-7-5-4-6-8-13(14)15;1-3-7(2)12-5-4-11-6-8(9)10;1-4-5(2)3/h12H,3-11H2,1-2H3,(H,14,15);7H,3-6H2,1-2H3,(H,9,10);5H,4H2,1-3H3/p-2. The maximum absolute atomic E-state index is 10.1. The minimum atomic E-state index is -1.20. The molecule has 0 heterocycles. The summed E-state index contributed by atoms with van der Waals surface area (Å²) < 4.78 is 20.8. The van der Waals surface area contributed by atoms with E-state index in [2.05, 4.69) is 34.6 Å². The average Bonchev–Trinajstić information content (AvgIpc) is 2.79. The summed E-state index contributed by atoms with van der Waals surface area (Å²) in [5, 5.41) is 20.0. The van der Waals surface area contributed by atoms with Gasteiger partial charge in [-0.3, -0.25) is 0 Å². The number of unbranched alkanes of at least 4 members (excludes halogenated alkanes) is 3. The van der Waals surface area contributed by atoms with Crippen LogP contribution in [0.25, 0.3) is 0 Å². The van der Waals surface area contributed by atoms with Gasteiger partial charge in [-0.15, -0.1) is 0 Å². The number of aliphatic carboxylic acids is 2. The molecule has 0 saturated carbocycles. The molecule has 0 N–H and O–H groups in total. The molecule has 0 aromatic carbocycles. The van der Waals surface area contributed by atoms with Gasteiger partial charge in [0.15, 0.2) is 0 Å². The lowest BCUT2D eigenvalue weighted by molar-refractivity contribution is -0.310. The van der Waals surface area contributed by atoms with Crippen LogP contribution in [-0.2, 0) is 28.5 Å². The lowest BCUT2D eigenvalue weighted by Crippen LogP contribution is -2.28. The lowest BCUT2D eigenvalue weighted by Gasteiger charge is -2.10. The van der Waals surface area contributed by atoms with Crippen LogP contribution in [0.4, 0.5) is 0 Å². The van der Waals surface area contributed by atoms with Gasteiger partial charge in [0.25, 0.3) is 0 Å². The molecule has 0 aromatic heterocycles. The number of carboxylic acid groups (broad SMARTS) is 2. The van der Waals surface area contributed by atoms with Crippen molar-refractivity contribution in [3.63, 3.8) is 0 Å². The van der Waals surface area contributed by atoms with Crippen molar-refractivity contribution in [2.75, 3.05) is 39.6 Å². The van der Waals surface area contributed by atoms with Crippen LogP contribution in [0.1, 0.15) is 99.8 Å². The van der Waals surface area contributed by atoms with Gasteiger partial charge < -0.3 is 38.7 Å². The van der Waals surface area contributed by atoms with Gasteiger partial charge in [0.2, 0.25) is 0 Å². The molecule has 0 aliphatic heterocycles. The van der Waals surface area contributed by atoms with Gasteiger partial charge in [-0.25, -0.2) is 0 Å². The molecule has 206 valence electrons. The molecule has 2 unspecified atom stereocenters. The molecule has 8 heteroatoms. The fourth-order valence-electron chi connectivity index (χ4n) is 1.94. The fraction of sp³-hybridized carbons (Fsp3) is 0.923. The first-order valence-corrected chi connectivity index (χ1v) is 12.9. The molecule has 34 heavy (non-hydrogen) atoms. The van der Waals surface area contributed by atoms with Gasteiger partial charge in [0, 0.05) is 12.6 Å². The number of carbonyl (C=O) groups is 2. The predicted molar refractivity (Wildman–Crippen MR) is 131 cm³/mol. The molecule has 0 aliphatic carbocycles. The highest BCUT2D eigenvalue weighted by atomic mass is 16.5. The van der Waals surface area contributed by atoms with Crippen molar-refractivity contribution < 1.29 is 38.7 Å². The normalized spacial score (nSPS) is 12.2. The summed E-state index contributed by atoms with van der Waals surface area (Å²) in [6, 6.07) is 0. The maximum atomic E-state index is 10.1. The Kier molecular flexibility index (Phi) is 32.7. The highest BCUT2D eigenvalue weighted by Gasteiger charge is 1.98. The van der Waals surface area contributed by atoms with Crippen molar-refractivity contribution in [3.05, 3.63) is 0 Å². The van der Waals surface area contributed by atoms with Gasteiger partial charge in [0.05, 0.1) is 51.2 Å². The van der Waals surface area contributed by atoms with E-state index in [1.165, 1.54) is 6.42 Å². The van der Waals surface area contributed by atoms with E-state index >= 15 is 0 Å². The van der Waals surface area contributed by atoms with E-state index in [1.807, 2.05) is 13.8 Å². The first-order chi connectivity index (χ1) is 16.1. The Hall–Kier alpha value is -1.22. The molecule has 0 amide bonds. The van der Waals surface area contributed by atoms with Crippen molar-refractivity contribution in [1.82, 2.24) is 0 Å². The number of carboxylic acids is 2. The number of ether oxygens (including phenoxy) is 4. The minimum Gasteiger partial charge on any atom is -0.550 e. The minimum absolute atomic E-state index is 0.170. The molecule has 0 aromatic rings. The molecule has 0 spiro atoms. The molecule has 0 rings (SSSR count). The molecule has 0 fully saturated rings. The molecule has 0 aliphatic rings. The third-order valence-corrected chi connectivity index (χ3v) is 4.87. The first-order valence-electron chi connectivity index (χ1n) is 12.9. The highest BCUT2D eigenvalue weighted by molar-refractivity contribution is 5.65. The Balaban J connectivity index is -0.000000490. The summed E-state index contributed by atoms with van der Waals surface area (Å²) in [5.74, 6) is -1.27. The Bertz CT molecular complexity index is 429. The SMILES string of the molecule is CCC(C)C.CCC(C)OCCOCC(=O)[O-].CCC(C)OCCOCCCCCCC(=O)[O-]. The Morgan fingerprint density at radius 3 is 1.50 bits per heavy atom. The van der Waals surface area contributed by atoms with Crippen LogP contribution in [0.15, 0.2) is 0 Å². The van der Waals surface area contributed by atoms with E-state index in [1.54, 1.807) is 0 Å². The zero-order valence-electron chi connectivity index (χ0n) is 22.9. The Labute approximate surface area is 208 Å². The van der Waals surface area contributed by atoms with Crippen LogP contribution in [-0.4, -0.2) is 63.8 Å². The smallest absolute Gasteiger partial charge is 0.0862 e. The van der Waals surface area contributed by atoms with Gasteiger partial charge in [-0.1, -0.05) is 53.9 Å². The summed E-state index contributed by atoms with van der Waals surface area (Å²) >= 11 is 0. The summed E-state index contributed by atoms with van der Waals surface area (Å²) in [7, 11) is 0. The Morgan fingerprint density at radius 1 is 0.618 bits per heavy atom. The first kappa shape index (κ1) is 37.3. The summed E-state index contributed by atoms with van der Waals surface area (Å²) in [6.07, 6.45) is 7.60. The third kappa shape index (κ3) is 41.1. The quantitative estimate of drug-likeness (QED) is 0.238. The Morgan fingerprint density at radius 2 is 1.09 bits per heavy atom. The van der Waals surface area contributed by atoms with Gasteiger partial charge >= 0.3 is 0 Å². The van der Waals surface area contributed by atoms with Crippen LogP contribution in [0, 0.1) is 5.92 Å². The highest BCUT2D eigenvalue weighted by Crippen LogP contribution is 2.03. The number of hydrogen-bond donors (Lipinski definition) is 0. The van der Waals surface area contributed by atoms with Crippen molar-refractivity contribution in [3.8, 4) is 0 Å². The monoisotopic (exact) mass is 492 g/mol. The van der Waals surface area contributed by atoms with Gasteiger partial charge in [0.1, 0.15) is 0 Å². The second-order valence-corrected chi connectivity index (χ2v) is 8.55. The van der Waals surface area contributed by atoms with Gasteiger partial charge in [-0.05, 0) is 51.9 Å². The topological polar surface area (TPSA) is 117 Å². The molecule has 8 nitrogen and oxygen atoms in total. The van der Waals surface area contributed by atoms with Crippen LogP contribution in [0.3, 0.4) is 0 Å². The predicted octanol–water partition coefficient (Wildman–Crippen LogP) is 3.14. The van der Waals surface area contributed by atoms with Crippen LogP contribution < -0.4 is 10.2 Å².